The van der Waals surface area contributed by atoms with E-state index in [2.05, 4.69) is 4.98 Å². The first kappa shape index (κ1) is 20.2. The van der Waals surface area contributed by atoms with Gasteiger partial charge >= 0.3 is 6.09 Å². The molecule has 0 atom stereocenters. The molecule has 2 aromatic rings. The normalized spacial score (nSPS) is 20.0. The molecule has 1 aliphatic carbocycles. The fraction of sp³-hybridized carbons (Fsp3) is 0.545. The number of aromatic nitrogens is 1. The highest BCUT2D eigenvalue weighted by atomic mass is 16.5. The van der Waals surface area contributed by atoms with E-state index in [1.54, 1.807) is 18.2 Å². The third-order valence-electron chi connectivity index (χ3n) is 5.49. The molecule has 3 rings (SSSR count). The Morgan fingerprint density at radius 2 is 1.93 bits per heavy atom. The summed E-state index contributed by atoms with van der Waals surface area (Å²) in [5.41, 5.74) is 0.499. The molecule has 1 aromatic heterocycles. The SMILES string of the molecule is COc1ccc2nccc(OCC3CCC(N(C(=O)O)C(C)(C)C)CC3)c2c1. The molecule has 0 spiro atoms. The molecule has 0 bridgehead atoms. The van der Waals surface area contributed by atoms with Crippen molar-refractivity contribution in [3.05, 3.63) is 30.5 Å². The van der Waals surface area contributed by atoms with Crippen LogP contribution in [0.15, 0.2) is 30.5 Å². The highest BCUT2D eigenvalue weighted by Crippen LogP contribution is 2.33. The van der Waals surface area contributed by atoms with Gasteiger partial charge in [-0.2, -0.15) is 0 Å². The Morgan fingerprint density at radius 1 is 1.21 bits per heavy atom. The lowest BCUT2D eigenvalue weighted by atomic mass is 9.84. The summed E-state index contributed by atoms with van der Waals surface area (Å²) in [7, 11) is 1.65. The maximum atomic E-state index is 11.7. The number of carbonyl (C=O) groups is 1. The van der Waals surface area contributed by atoms with Gasteiger partial charge in [0.1, 0.15) is 11.5 Å². The van der Waals surface area contributed by atoms with Gasteiger partial charge in [0.25, 0.3) is 0 Å². The second-order valence-corrected chi connectivity index (χ2v) is 8.50. The molecule has 1 saturated carbocycles. The predicted molar refractivity (Wildman–Crippen MR) is 109 cm³/mol. The van der Waals surface area contributed by atoms with Gasteiger partial charge in [-0.05, 0) is 76.6 Å². The molecule has 0 aliphatic heterocycles. The van der Waals surface area contributed by atoms with Crippen LogP contribution in [0, 0.1) is 5.92 Å². The molecule has 1 aliphatic rings. The number of hydrogen-bond acceptors (Lipinski definition) is 4. The Labute approximate surface area is 166 Å². The number of hydrogen-bond donors (Lipinski definition) is 1. The third kappa shape index (κ3) is 4.49. The molecule has 0 unspecified atom stereocenters. The number of amides is 1. The van der Waals surface area contributed by atoms with Crippen molar-refractivity contribution in [1.82, 2.24) is 9.88 Å². The van der Waals surface area contributed by atoms with Gasteiger partial charge in [0.05, 0.1) is 19.2 Å². The van der Waals surface area contributed by atoms with Crippen molar-refractivity contribution >= 4 is 17.0 Å². The van der Waals surface area contributed by atoms with Gasteiger partial charge in [-0.25, -0.2) is 4.79 Å². The number of rotatable bonds is 5. The second kappa shape index (κ2) is 8.25. The smallest absolute Gasteiger partial charge is 0.407 e. The summed E-state index contributed by atoms with van der Waals surface area (Å²) in [5, 5.41) is 10.6. The van der Waals surface area contributed by atoms with Crippen molar-refractivity contribution < 1.29 is 19.4 Å². The number of fused-ring (bicyclic) bond motifs is 1. The molecular weight excluding hydrogens is 356 g/mol. The lowest BCUT2D eigenvalue weighted by Gasteiger charge is -2.42. The Hall–Kier alpha value is -2.50. The van der Waals surface area contributed by atoms with E-state index >= 15 is 0 Å². The van der Waals surface area contributed by atoms with E-state index in [4.69, 9.17) is 9.47 Å². The van der Waals surface area contributed by atoms with Crippen LogP contribution >= 0.6 is 0 Å². The highest BCUT2D eigenvalue weighted by molar-refractivity contribution is 5.86. The molecule has 1 aromatic carbocycles. The average molecular weight is 386 g/mol. The van der Waals surface area contributed by atoms with Crippen molar-refractivity contribution in [2.24, 2.45) is 5.92 Å². The minimum absolute atomic E-state index is 0.0831. The minimum atomic E-state index is -0.829. The summed E-state index contributed by atoms with van der Waals surface area (Å²) in [6.45, 7) is 6.50. The van der Waals surface area contributed by atoms with Crippen LogP contribution in [0.25, 0.3) is 10.9 Å². The molecule has 0 saturated heterocycles. The first-order valence-electron chi connectivity index (χ1n) is 9.87. The van der Waals surface area contributed by atoms with E-state index in [1.807, 2.05) is 45.0 Å². The Bertz CT molecular complexity index is 823. The van der Waals surface area contributed by atoms with Crippen LogP contribution in [0.3, 0.4) is 0 Å². The third-order valence-corrected chi connectivity index (χ3v) is 5.49. The molecular formula is C22H30N2O4. The van der Waals surface area contributed by atoms with E-state index in [-0.39, 0.29) is 11.6 Å². The average Bonchev–Trinajstić information content (AvgIpc) is 2.65. The molecule has 6 nitrogen and oxygen atoms in total. The number of pyridine rings is 1. The number of methoxy groups -OCH3 is 1. The number of carboxylic acid groups (broad SMARTS) is 1. The van der Waals surface area contributed by atoms with Crippen LogP contribution in [-0.4, -0.2) is 46.4 Å². The van der Waals surface area contributed by atoms with Gasteiger partial charge < -0.3 is 19.5 Å². The lowest BCUT2D eigenvalue weighted by Crippen LogP contribution is -2.52. The fourth-order valence-corrected chi connectivity index (χ4v) is 4.12. The first-order valence-corrected chi connectivity index (χ1v) is 9.87. The van der Waals surface area contributed by atoms with Crippen LogP contribution in [-0.2, 0) is 0 Å². The minimum Gasteiger partial charge on any atom is -0.497 e. The Kier molecular flexibility index (Phi) is 5.96. The quantitative estimate of drug-likeness (QED) is 0.786. The molecule has 0 radical (unpaired) electrons. The van der Waals surface area contributed by atoms with Gasteiger partial charge in [-0.3, -0.25) is 4.98 Å². The zero-order chi connectivity index (χ0) is 20.3. The van der Waals surface area contributed by atoms with Crippen molar-refractivity contribution in [1.29, 1.82) is 0 Å². The maximum absolute atomic E-state index is 11.7. The number of benzene rings is 1. The predicted octanol–water partition coefficient (Wildman–Crippen LogP) is 4.96. The summed E-state index contributed by atoms with van der Waals surface area (Å²) in [6.07, 6.45) is 4.62. The fourth-order valence-electron chi connectivity index (χ4n) is 4.12. The van der Waals surface area contributed by atoms with Crippen molar-refractivity contribution in [3.8, 4) is 11.5 Å². The molecule has 1 fully saturated rings. The molecule has 1 amide bonds. The van der Waals surface area contributed by atoms with Crippen molar-refractivity contribution in [3.63, 3.8) is 0 Å². The number of ether oxygens (including phenoxy) is 2. The largest absolute Gasteiger partial charge is 0.497 e. The van der Waals surface area contributed by atoms with Crippen LogP contribution in [0.2, 0.25) is 0 Å². The summed E-state index contributed by atoms with van der Waals surface area (Å²) < 4.78 is 11.5. The maximum Gasteiger partial charge on any atom is 0.407 e. The standard InChI is InChI=1S/C22H30N2O4/c1-22(2,3)24(21(25)26)16-7-5-15(6-8-16)14-28-20-11-12-23-19-10-9-17(27-4)13-18(19)20/h9-13,15-16H,5-8,14H2,1-4H3,(H,25,26). The molecule has 6 heteroatoms. The van der Waals surface area contributed by atoms with Crippen LogP contribution in [0.4, 0.5) is 4.79 Å². The zero-order valence-electron chi connectivity index (χ0n) is 17.1. The van der Waals surface area contributed by atoms with Gasteiger partial charge in [0.15, 0.2) is 0 Å². The zero-order valence-corrected chi connectivity index (χ0v) is 17.1. The van der Waals surface area contributed by atoms with Gasteiger partial charge in [0, 0.05) is 23.2 Å². The van der Waals surface area contributed by atoms with Crippen LogP contribution in [0.5, 0.6) is 11.5 Å². The molecule has 28 heavy (non-hydrogen) atoms. The summed E-state index contributed by atoms with van der Waals surface area (Å²) in [4.78, 5) is 17.7. The van der Waals surface area contributed by atoms with Gasteiger partial charge in [-0.1, -0.05) is 0 Å². The Morgan fingerprint density at radius 3 is 2.54 bits per heavy atom. The van der Waals surface area contributed by atoms with Crippen LogP contribution in [0.1, 0.15) is 46.5 Å². The molecule has 152 valence electrons. The monoisotopic (exact) mass is 386 g/mol. The van der Waals surface area contributed by atoms with Gasteiger partial charge in [-0.15, -0.1) is 0 Å². The highest BCUT2D eigenvalue weighted by Gasteiger charge is 2.35. The van der Waals surface area contributed by atoms with E-state index in [0.29, 0.717) is 12.5 Å². The van der Waals surface area contributed by atoms with Crippen molar-refractivity contribution in [2.45, 2.75) is 58.0 Å². The lowest BCUT2D eigenvalue weighted by molar-refractivity contribution is 0.0462. The van der Waals surface area contributed by atoms with Crippen molar-refractivity contribution in [2.75, 3.05) is 13.7 Å². The van der Waals surface area contributed by atoms with E-state index in [9.17, 15) is 9.90 Å². The summed E-state index contributed by atoms with van der Waals surface area (Å²) in [6, 6.07) is 7.74. The topological polar surface area (TPSA) is 71.9 Å². The number of nitrogens with zero attached hydrogens (tertiary/aromatic N) is 2. The van der Waals surface area contributed by atoms with E-state index in [0.717, 1.165) is 48.1 Å². The second-order valence-electron chi connectivity index (χ2n) is 8.50. The molecule has 1 N–H and O–H groups in total. The van der Waals surface area contributed by atoms with E-state index in [1.165, 1.54) is 0 Å². The summed E-state index contributed by atoms with van der Waals surface area (Å²) in [5.74, 6) is 2.02. The first-order chi connectivity index (χ1) is 13.3. The molecule has 1 heterocycles. The Balaban J connectivity index is 1.62. The van der Waals surface area contributed by atoms with Gasteiger partial charge in [0.2, 0.25) is 0 Å². The summed E-state index contributed by atoms with van der Waals surface area (Å²) >= 11 is 0. The van der Waals surface area contributed by atoms with Crippen LogP contribution < -0.4 is 9.47 Å². The van der Waals surface area contributed by atoms with E-state index < -0.39 is 6.09 Å².